The van der Waals surface area contributed by atoms with E-state index in [1.807, 2.05) is 31.7 Å². The Morgan fingerprint density at radius 1 is 1.27 bits per heavy atom. The minimum Gasteiger partial charge on any atom is -0.371 e. The fourth-order valence-electron chi connectivity index (χ4n) is 4.90. The second-order valence-electron chi connectivity index (χ2n) is 10.4. The number of piperidine rings is 1. The van der Waals surface area contributed by atoms with Gasteiger partial charge in [0.25, 0.3) is 0 Å². The van der Waals surface area contributed by atoms with E-state index in [1.54, 1.807) is 24.5 Å². The predicted molar refractivity (Wildman–Crippen MR) is 142 cm³/mol. The van der Waals surface area contributed by atoms with Crippen molar-refractivity contribution >= 4 is 28.0 Å². The van der Waals surface area contributed by atoms with Crippen molar-refractivity contribution in [3.8, 4) is 0 Å². The Kier molecular flexibility index (Phi) is 8.44. The first-order chi connectivity index (χ1) is 17.4. The van der Waals surface area contributed by atoms with Crippen molar-refractivity contribution < 1.29 is 29.2 Å². The van der Waals surface area contributed by atoms with Gasteiger partial charge in [-0.2, -0.15) is 0 Å². The number of nitrogens with zero attached hydrogens (tertiary/aromatic N) is 2. The first kappa shape index (κ1) is 28.2. The van der Waals surface area contributed by atoms with Crippen LogP contribution in [0.25, 0.3) is 0 Å². The van der Waals surface area contributed by atoms with Crippen LogP contribution in [-0.4, -0.2) is 76.8 Å². The van der Waals surface area contributed by atoms with E-state index in [1.165, 1.54) is 6.07 Å². The molecule has 0 amide bonds. The van der Waals surface area contributed by atoms with Crippen LogP contribution in [0.4, 0.5) is 10.1 Å². The fraction of sp³-hybridized carbons (Fsp3) is 0.577. The number of ether oxygens (including phenoxy) is 2. The average Bonchev–Trinajstić information content (AvgIpc) is 3.53. The van der Waals surface area contributed by atoms with Gasteiger partial charge in [-0.1, -0.05) is 28.9 Å². The number of halogens is 2. The van der Waals surface area contributed by atoms with Crippen LogP contribution in [0, 0.1) is 17.7 Å². The molecule has 1 aromatic rings. The number of hydrogen-bond donors (Lipinski definition) is 5. The maximum Gasteiger partial charge on any atom is 0.405 e. The van der Waals surface area contributed by atoms with Gasteiger partial charge in [-0.15, -0.1) is 0 Å². The molecule has 9 nitrogen and oxygen atoms in total. The molecule has 2 unspecified atom stereocenters. The fourth-order valence-corrected chi connectivity index (χ4v) is 5.23. The topological polar surface area (TPSA) is 119 Å². The van der Waals surface area contributed by atoms with Gasteiger partial charge in [-0.3, -0.25) is 4.74 Å². The Balaban J connectivity index is 1.59. The molecule has 204 valence electrons. The van der Waals surface area contributed by atoms with Gasteiger partial charge in [0, 0.05) is 16.1 Å². The van der Waals surface area contributed by atoms with Crippen LogP contribution >= 0.6 is 15.9 Å². The van der Waals surface area contributed by atoms with Crippen LogP contribution in [-0.2, 0) is 9.47 Å². The molecule has 0 aliphatic carbocycles. The molecule has 0 radical (unpaired) electrons. The highest BCUT2D eigenvalue weighted by atomic mass is 79.9. The van der Waals surface area contributed by atoms with E-state index in [-0.39, 0.29) is 12.5 Å². The van der Waals surface area contributed by atoms with Crippen molar-refractivity contribution in [1.82, 2.24) is 10.2 Å². The molecule has 0 spiro atoms. The third-order valence-corrected chi connectivity index (χ3v) is 7.51. The summed E-state index contributed by atoms with van der Waals surface area (Å²) in [7, 11) is 0. The van der Waals surface area contributed by atoms with Crippen LogP contribution in [0.1, 0.15) is 33.6 Å². The lowest BCUT2D eigenvalue weighted by molar-refractivity contribution is -0.451. The highest BCUT2D eigenvalue weighted by molar-refractivity contribution is 9.10. The molecule has 5 N–H and O–H groups in total. The molecule has 0 bridgehead atoms. The first-order valence-corrected chi connectivity index (χ1v) is 13.3. The quantitative estimate of drug-likeness (QED) is 0.171. The number of fused-ring (bicyclic) bond motifs is 1. The summed E-state index contributed by atoms with van der Waals surface area (Å²) in [6.45, 7) is 8.90. The molecule has 3 aliphatic heterocycles. The van der Waals surface area contributed by atoms with E-state index in [2.05, 4.69) is 26.6 Å². The standard InChI is InChI=1S/C26H36BrFN4O5/c1-17-20(8-11-36-26(33,34)35)25(31-22-5-4-19(27)12-21(22)28)15-32(25)16-30-23(17)13-24(2,3)37-14-18-6-9-29-10-7-18/h4-5,8,12-13,16-18,29,31,33-35H,6-7,9-11,14-15H2,1-3H3. The largest absolute Gasteiger partial charge is 0.405 e. The number of anilines is 1. The monoisotopic (exact) mass is 582 g/mol. The first-order valence-electron chi connectivity index (χ1n) is 12.5. The van der Waals surface area contributed by atoms with Crippen molar-refractivity contribution in [3.63, 3.8) is 0 Å². The Bertz CT molecular complexity index is 1070. The molecular weight excluding hydrogens is 547 g/mol. The highest BCUT2D eigenvalue weighted by Crippen LogP contribution is 2.47. The van der Waals surface area contributed by atoms with E-state index in [0.717, 1.165) is 37.2 Å². The molecule has 4 rings (SSSR count). The molecular formula is C26H36BrFN4O5. The zero-order valence-electron chi connectivity index (χ0n) is 21.4. The van der Waals surface area contributed by atoms with Crippen LogP contribution in [0.5, 0.6) is 0 Å². The third-order valence-electron chi connectivity index (χ3n) is 7.02. The van der Waals surface area contributed by atoms with Crippen LogP contribution in [0.15, 0.2) is 51.1 Å². The number of benzene rings is 1. The molecule has 0 aromatic heterocycles. The molecule has 1 aromatic carbocycles. The SMILES string of the molecule is CC1C(=CC(C)(C)OCC2CCNCC2)N=CN2CC2(Nc2ccc(Br)cc2F)C1=CCOC(O)(O)O. The van der Waals surface area contributed by atoms with Crippen molar-refractivity contribution in [2.45, 2.75) is 51.0 Å². The van der Waals surface area contributed by atoms with E-state index in [9.17, 15) is 19.7 Å². The minimum absolute atomic E-state index is 0.259. The second kappa shape index (κ2) is 11.1. The number of rotatable bonds is 9. The van der Waals surface area contributed by atoms with Gasteiger partial charge >= 0.3 is 6.16 Å². The molecule has 37 heavy (non-hydrogen) atoms. The van der Waals surface area contributed by atoms with Gasteiger partial charge in [-0.25, -0.2) is 9.38 Å². The van der Waals surface area contributed by atoms with Gasteiger partial charge in [-0.05, 0) is 75.5 Å². The van der Waals surface area contributed by atoms with Crippen LogP contribution in [0.2, 0.25) is 0 Å². The number of aliphatic imine (C=N–C) groups is 1. The summed E-state index contributed by atoms with van der Waals surface area (Å²) >= 11 is 3.28. The summed E-state index contributed by atoms with van der Waals surface area (Å²) in [5.74, 6) is -0.154. The Morgan fingerprint density at radius 3 is 2.68 bits per heavy atom. The number of hydrogen-bond acceptors (Lipinski definition) is 9. The zero-order valence-corrected chi connectivity index (χ0v) is 23.0. The maximum absolute atomic E-state index is 14.7. The minimum atomic E-state index is -3.26. The van der Waals surface area contributed by atoms with E-state index < -0.39 is 23.2 Å². The van der Waals surface area contributed by atoms with Gasteiger partial charge in [0.05, 0.1) is 37.4 Å². The van der Waals surface area contributed by atoms with E-state index in [4.69, 9.17) is 14.5 Å². The van der Waals surface area contributed by atoms with Gasteiger partial charge < -0.3 is 35.6 Å². The van der Waals surface area contributed by atoms with Crippen molar-refractivity contribution in [2.24, 2.45) is 16.8 Å². The van der Waals surface area contributed by atoms with Crippen LogP contribution in [0.3, 0.4) is 0 Å². The molecule has 2 atom stereocenters. The lowest BCUT2D eigenvalue weighted by Gasteiger charge is -2.30. The average molecular weight is 583 g/mol. The molecule has 11 heteroatoms. The van der Waals surface area contributed by atoms with E-state index >= 15 is 0 Å². The third kappa shape index (κ3) is 7.17. The normalized spacial score (nSPS) is 26.9. The maximum atomic E-state index is 14.7. The van der Waals surface area contributed by atoms with Gasteiger partial charge in [0.15, 0.2) is 5.66 Å². The van der Waals surface area contributed by atoms with Gasteiger partial charge in [0.2, 0.25) is 0 Å². The molecule has 2 saturated heterocycles. The summed E-state index contributed by atoms with van der Waals surface area (Å²) in [4.78, 5) is 6.67. The van der Waals surface area contributed by atoms with Gasteiger partial charge in [0.1, 0.15) is 5.82 Å². The Hall–Kier alpha value is -1.86. The number of allylic oxidation sites excluding steroid dienone is 1. The van der Waals surface area contributed by atoms with E-state index in [0.29, 0.717) is 29.2 Å². The van der Waals surface area contributed by atoms with Crippen molar-refractivity contribution in [2.75, 3.05) is 38.2 Å². The Labute approximate surface area is 225 Å². The predicted octanol–water partition coefficient (Wildman–Crippen LogP) is 2.90. The summed E-state index contributed by atoms with van der Waals surface area (Å²) in [5, 5.41) is 34.3. The molecule has 2 fully saturated rings. The molecule has 3 aliphatic rings. The molecule has 3 heterocycles. The Morgan fingerprint density at radius 2 is 2.00 bits per heavy atom. The van der Waals surface area contributed by atoms with Crippen LogP contribution < -0.4 is 10.6 Å². The molecule has 0 saturated carbocycles. The lowest BCUT2D eigenvalue weighted by atomic mass is 9.88. The highest BCUT2D eigenvalue weighted by Gasteiger charge is 2.57. The summed E-state index contributed by atoms with van der Waals surface area (Å²) in [6, 6.07) is 4.79. The lowest BCUT2D eigenvalue weighted by Crippen LogP contribution is -2.35. The summed E-state index contributed by atoms with van der Waals surface area (Å²) in [6.07, 6.45) is 4.31. The smallest absolute Gasteiger partial charge is 0.371 e. The number of aliphatic hydroxyl groups is 3. The summed E-state index contributed by atoms with van der Waals surface area (Å²) < 4.78 is 26.4. The summed E-state index contributed by atoms with van der Waals surface area (Å²) in [5.41, 5.74) is 0.495. The van der Waals surface area contributed by atoms with Crippen molar-refractivity contribution in [1.29, 1.82) is 0 Å². The zero-order chi connectivity index (χ0) is 26.8. The second-order valence-corrected chi connectivity index (χ2v) is 11.3. The number of nitrogens with one attached hydrogen (secondary N) is 2. The van der Waals surface area contributed by atoms with Crippen molar-refractivity contribution in [3.05, 3.63) is 51.9 Å².